The number of carboxylic acid groups (broad SMARTS) is 1. The second-order valence-corrected chi connectivity index (χ2v) is 14.7. The van der Waals surface area contributed by atoms with Crippen molar-refractivity contribution in [3.05, 3.63) is 0 Å². The van der Waals surface area contributed by atoms with E-state index in [4.69, 9.17) is 28.8 Å². The van der Waals surface area contributed by atoms with E-state index in [0.29, 0.717) is 26.1 Å². The molecule has 0 aromatic carbocycles. The first-order chi connectivity index (χ1) is 26.6. The number of carbonyl (C=O) groups is 6. The van der Waals surface area contributed by atoms with Crippen molar-refractivity contribution >= 4 is 35.8 Å². The van der Waals surface area contributed by atoms with Crippen molar-refractivity contribution in [1.82, 2.24) is 0 Å². The lowest BCUT2D eigenvalue weighted by Gasteiger charge is -2.18. The van der Waals surface area contributed by atoms with Gasteiger partial charge in [-0.05, 0) is 51.4 Å². The summed E-state index contributed by atoms with van der Waals surface area (Å²) in [4.78, 5) is 72.7. The van der Waals surface area contributed by atoms with Crippen LogP contribution in [0.2, 0.25) is 0 Å². The zero-order chi connectivity index (χ0) is 40.9. The number of unbranched alkanes of at least 4 members (excludes halogenated alkanes) is 12. The third-order valence-corrected chi connectivity index (χ3v) is 9.49. The van der Waals surface area contributed by atoms with Gasteiger partial charge in [0.2, 0.25) is 0 Å². The van der Waals surface area contributed by atoms with E-state index in [2.05, 4.69) is 27.7 Å². The van der Waals surface area contributed by atoms with Gasteiger partial charge < -0.3 is 28.8 Å². The molecule has 2 unspecified atom stereocenters. The first-order valence-electron chi connectivity index (χ1n) is 21.6. The molecule has 320 valence electrons. The minimum atomic E-state index is -1.13. The quantitative estimate of drug-likeness (QED) is 0.0358. The van der Waals surface area contributed by atoms with Gasteiger partial charge in [0.05, 0.1) is 37.9 Å². The summed E-state index contributed by atoms with van der Waals surface area (Å²) >= 11 is 0. The predicted molar refractivity (Wildman–Crippen MR) is 211 cm³/mol. The molecule has 0 heterocycles. The van der Waals surface area contributed by atoms with Crippen LogP contribution in [0.4, 0.5) is 0 Å². The Labute approximate surface area is 331 Å². The molecular weight excluding hydrogens is 708 g/mol. The summed E-state index contributed by atoms with van der Waals surface area (Å²) < 4.78 is 27.0. The fourth-order valence-electron chi connectivity index (χ4n) is 6.21. The molecule has 1 N–H and O–H groups in total. The van der Waals surface area contributed by atoms with Gasteiger partial charge in [-0.2, -0.15) is 0 Å². The lowest BCUT2D eigenvalue weighted by molar-refractivity contribution is -0.167. The number of ether oxygens (including phenoxy) is 5. The maximum absolute atomic E-state index is 12.6. The summed E-state index contributed by atoms with van der Waals surface area (Å²) in [5.74, 6) is -3.06. The van der Waals surface area contributed by atoms with Gasteiger partial charge in [-0.3, -0.25) is 28.8 Å². The van der Waals surface area contributed by atoms with E-state index in [1.165, 1.54) is 0 Å². The van der Waals surface area contributed by atoms with E-state index in [-0.39, 0.29) is 62.7 Å². The summed E-state index contributed by atoms with van der Waals surface area (Å²) in [6.45, 7) is 8.64. The van der Waals surface area contributed by atoms with Crippen molar-refractivity contribution in [3.63, 3.8) is 0 Å². The highest BCUT2D eigenvalue weighted by molar-refractivity contribution is 5.76. The number of carbonyl (C=O) groups excluding carboxylic acids is 5. The van der Waals surface area contributed by atoms with E-state index in [0.717, 1.165) is 128 Å². The second kappa shape index (κ2) is 36.5. The third kappa shape index (κ3) is 31.7. The van der Waals surface area contributed by atoms with Gasteiger partial charge in [-0.25, -0.2) is 0 Å². The van der Waals surface area contributed by atoms with Gasteiger partial charge in [0.15, 0.2) is 6.10 Å². The molecule has 0 saturated heterocycles. The first kappa shape index (κ1) is 51.8. The van der Waals surface area contributed by atoms with E-state index in [1.807, 2.05) is 0 Å². The van der Waals surface area contributed by atoms with Crippen molar-refractivity contribution in [1.29, 1.82) is 0 Å². The molecule has 0 radical (unpaired) electrons. The highest BCUT2D eigenvalue weighted by Crippen LogP contribution is 2.19. The number of carboxylic acids is 1. The van der Waals surface area contributed by atoms with Crippen molar-refractivity contribution in [2.24, 2.45) is 11.8 Å². The van der Waals surface area contributed by atoms with Crippen LogP contribution < -0.4 is 0 Å². The second-order valence-electron chi connectivity index (χ2n) is 14.7. The van der Waals surface area contributed by atoms with Gasteiger partial charge in [0, 0.05) is 12.8 Å². The first-order valence-corrected chi connectivity index (χ1v) is 21.6. The highest BCUT2D eigenvalue weighted by Gasteiger charge is 2.21. The number of aliphatic carboxylic acids is 1. The average Bonchev–Trinajstić information content (AvgIpc) is 3.16. The number of hydrogen-bond donors (Lipinski definition) is 1. The maximum Gasteiger partial charge on any atom is 0.308 e. The lowest BCUT2D eigenvalue weighted by Crippen LogP contribution is -2.31. The Hall–Kier alpha value is -3.18. The normalized spacial score (nSPS) is 12.7. The molecule has 0 aliphatic heterocycles. The minimum absolute atomic E-state index is 0.00966. The van der Waals surface area contributed by atoms with Gasteiger partial charge in [-0.1, -0.05) is 118 Å². The molecule has 0 rings (SSSR count). The van der Waals surface area contributed by atoms with Crippen LogP contribution in [0.3, 0.4) is 0 Å². The van der Waals surface area contributed by atoms with Crippen LogP contribution in [0, 0.1) is 11.8 Å². The summed E-state index contributed by atoms with van der Waals surface area (Å²) in [5.41, 5.74) is 0. The summed E-state index contributed by atoms with van der Waals surface area (Å²) in [6.07, 6.45) is 18.5. The standard InChI is InChI=1S/C43H76O12/c1-5-9-17-25-35(23-7-3)42(49)51-31-21-15-11-13-19-27-39(46)53-33-37(34-54-40(47)30-29-38(44)45)55-41(48)28-20-14-12-16-22-32-52-43(50)36(24-8-4)26-18-10-6-2/h35-37H,5-34H2,1-4H3,(H,44,45)/t35?,36?,37-/m1/s1. The van der Waals surface area contributed by atoms with E-state index in [9.17, 15) is 28.8 Å². The zero-order valence-corrected chi connectivity index (χ0v) is 34.9. The van der Waals surface area contributed by atoms with Gasteiger partial charge >= 0.3 is 35.8 Å². The molecule has 55 heavy (non-hydrogen) atoms. The molecule has 0 aromatic heterocycles. The summed E-state index contributed by atoms with van der Waals surface area (Å²) in [6, 6.07) is 0. The smallest absolute Gasteiger partial charge is 0.308 e. The van der Waals surface area contributed by atoms with E-state index in [1.54, 1.807) is 0 Å². The maximum atomic E-state index is 12.6. The van der Waals surface area contributed by atoms with Crippen LogP contribution in [0.5, 0.6) is 0 Å². The molecule has 0 bridgehead atoms. The Morgan fingerprint density at radius 2 is 0.836 bits per heavy atom. The Kier molecular flexibility index (Phi) is 34.4. The summed E-state index contributed by atoms with van der Waals surface area (Å²) in [7, 11) is 0. The van der Waals surface area contributed by atoms with E-state index < -0.39 is 30.0 Å². The Morgan fingerprint density at radius 1 is 0.418 bits per heavy atom. The molecule has 0 saturated carbocycles. The molecule has 0 aliphatic rings. The van der Waals surface area contributed by atoms with Crippen molar-refractivity contribution < 1.29 is 57.6 Å². The Balaban J connectivity index is 4.44. The number of rotatable bonds is 38. The van der Waals surface area contributed by atoms with E-state index >= 15 is 0 Å². The highest BCUT2D eigenvalue weighted by atomic mass is 16.6. The Bertz CT molecular complexity index is 1030. The summed E-state index contributed by atoms with van der Waals surface area (Å²) in [5, 5.41) is 8.82. The molecule has 0 amide bonds. The van der Waals surface area contributed by atoms with Crippen LogP contribution >= 0.6 is 0 Å². The number of esters is 5. The fourth-order valence-corrected chi connectivity index (χ4v) is 6.21. The fraction of sp³-hybridized carbons (Fsp3) is 0.860. The van der Waals surface area contributed by atoms with Crippen LogP contribution in [0.25, 0.3) is 0 Å². The van der Waals surface area contributed by atoms with Crippen molar-refractivity contribution in [2.75, 3.05) is 26.4 Å². The SMILES string of the molecule is CCCCCC(CCC)C(=O)OCCCCCCCC(=O)OC[C@H](COC(=O)CCC(=O)O)OC(=O)CCCCCCCOC(=O)C(CCC)CCCCC. The molecule has 0 aliphatic carbocycles. The van der Waals surface area contributed by atoms with Gasteiger partial charge in [-0.15, -0.1) is 0 Å². The largest absolute Gasteiger partial charge is 0.481 e. The van der Waals surface area contributed by atoms with Crippen LogP contribution in [-0.2, 0) is 52.5 Å². The molecule has 0 fully saturated rings. The van der Waals surface area contributed by atoms with Crippen molar-refractivity contribution in [3.8, 4) is 0 Å². The molecule has 3 atom stereocenters. The molecule has 12 nitrogen and oxygen atoms in total. The third-order valence-electron chi connectivity index (χ3n) is 9.49. The van der Waals surface area contributed by atoms with Crippen LogP contribution in [0.15, 0.2) is 0 Å². The molecule has 0 aromatic rings. The van der Waals surface area contributed by atoms with Crippen molar-refractivity contribution in [2.45, 2.75) is 201 Å². The molecule has 0 spiro atoms. The van der Waals surface area contributed by atoms with Crippen LogP contribution in [0.1, 0.15) is 195 Å². The zero-order valence-electron chi connectivity index (χ0n) is 34.9. The Morgan fingerprint density at radius 3 is 1.27 bits per heavy atom. The van der Waals surface area contributed by atoms with Crippen LogP contribution in [-0.4, -0.2) is 73.5 Å². The predicted octanol–water partition coefficient (Wildman–Crippen LogP) is 9.61. The average molecular weight is 785 g/mol. The van der Waals surface area contributed by atoms with Gasteiger partial charge in [0.1, 0.15) is 13.2 Å². The molecule has 12 heteroatoms. The molecular formula is C43H76O12. The monoisotopic (exact) mass is 785 g/mol. The topological polar surface area (TPSA) is 169 Å². The lowest BCUT2D eigenvalue weighted by atomic mass is 9.97. The minimum Gasteiger partial charge on any atom is -0.481 e. The number of hydrogen-bond acceptors (Lipinski definition) is 11. The van der Waals surface area contributed by atoms with Gasteiger partial charge in [0.25, 0.3) is 0 Å².